The molecule has 0 spiro atoms. The van der Waals surface area contributed by atoms with E-state index in [1.807, 2.05) is 75.4 Å². The Hall–Kier alpha value is -4.04. The molecule has 0 heterocycles. The van der Waals surface area contributed by atoms with Crippen LogP contribution in [-0.2, 0) is 11.4 Å². The van der Waals surface area contributed by atoms with Crippen molar-refractivity contribution in [2.45, 2.75) is 33.5 Å². The van der Waals surface area contributed by atoms with E-state index in [1.165, 1.54) is 5.56 Å². The van der Waals surface area contributed by atoms with Crippen molar-refractivity contribution in [1.82, 2.24) is 0 Å². The first-order valence-corrected chi connectivity index (χ1v) is 10.4. The average molecular weight is 427 g/mol. The van der Waals surface area contributed by atoms with Gasteiger partial charge in [0.2, 0.25) is 0 Å². The molecule has 0 aliphatic heterocycles. The number of rotatable bonds is 8. The zero-order valence-electron chi connectivity index (χ0n) is 18.5. The van der Waals surface area contributed by atoms with Gasteiger partial charge in [-0.3, -0.25) is 4.79 Å². The van der Waals surface area contributed by atoms with E-state index in [0.717, 1.165) is 16.9 Å². The van der Waals surface area contributed by atoms with E-state index in [4.69, 9.17) is 9.47 Å². The first-order chi connectivity index (χ1) is 15.4. The van der Waals surface area contributed by atoms with Crippen molar-refractivity contribution in [2.24, 2.45) is 0 Å². The molecule has 0 saturated carbocycles. The van der Waals surface area contributed by atoms with Gasteiger partial charge in [-0.25, -0.2) is 0 Å². The number of hydrogen-bond acceptors (Lipinski definition) is 4. The number of hydrogen-bond donors (Lipinski definition) is 1. The van der Waals surface area contributed by atoms with Crippen LogP contribution in [0.15, 0.2) is 78.4 Å². The van der Waals surface area contributed by atoms with Crippen molar-refractivity contribution < 1.29 is 14.3 Å². The fourth-order valence-corrected chi connectivity index (χ4v) is 2.91. The Bertz CT molecular complexity index is 1110. The SMILES string of the molecule is Cc1ccc(COc2ccc(NC(=O)/C(C#N)=C/c3ccc(OC(C)C)cc3)cc2)cc1. The third kappa shape index (κ3) is 6.75. The minimum absolute atomic E-state index is 0.0159. The van der Waals surface area contributed by atoms with Gasteiger partial charge in [0, 0.05) is 5.69 Å². The third-order valence-electron chi connectivity index (χ3n) is 4.57. The number of ether oxygens (including phenoxy) is 2. The van der Waals surface area contributed by atoms with Crippen LogP contribution in [0.2, 0.25) is 0 Å². The lowest BCUT2D eigenvalue weighted by atomic mass is 10.1. The molecule has 3 aromatic rings. The quantitative estimate of drug-likeness (QED) is 0.359. The lowest BCUT2D eigenvalue weighted by Gasteiger charge is -2.09. The molecule has 5 heteroatoms. The van der Waals surface area contributed by atoms with E-state index in [2.05, 4.69) is 5.32 Å². The summed E-state index contributed by atoms with van der Waals surface area (Å²) in [5, 5.41) is 12.2. The molecule has 0 saturated heterocycles. The third-order valence-corrected chi connectivity index (χ3v) is 4.57. The van der Waals surface area contributed by atoms with E-state index in [0.29, 0.717) is 18.0 Å². The molecule has 1 N–H and O–H groups in total. The van der Waals surface area contributed by atoms with Crippen LogP contribution in [0.1, 0.15) is 30.5 Å². The van der Waals surface area contributed by atoms with Crippen LogP contribution in [-0.4, -0.2) is 12.0 Å². The van der Waals surface area contributed by atoms with E-state index >= 15 is 0 Å². The van der Waals surface area contributed by atoms with Crippen LogP contribution >= 0.6 is 0 Å². The number of amides is 1. The normalized spacial score (nSPS) is 11.0. The second kappa shape index (κ2) is 10.8. The largest absolute Gasteiger partial charge is 0.491 e. The van der Waals surface area contributed by atoms with Gasteiger partial charge in [0.25, 0.3) is 5.91 Å². The van der Waals surface area contributed by atoms with E-state index in [-0.39, 0.29) is 11.7 Å². The minimum atomic E-state index is -0.469. The molecule has 3 aromatic carbocycles. The molecule has 3 rings (SSSR count). The van der Waals surface area contributed by atoms with Crippen LogP contribution in [0.25, 0.3) is 6.08 Å². The maximum absolute atomic E-state index is 12.5. The lowest BCUT2D eigenvalue weighted by molar-refractivity contribution is -0.112. The fraction of sp³-hybridized carbons (Fsp3) is 0.185. The number of benzene rings is 3. The summed E-state index contributed by atoms with van der Waals surface area (Å²) < 4.78 is 11.4. The van der Waals surface area contributed by atoms with Gasteiger partial charge in [-0.1, -0.05) is 42.0 Å². The standard InChI is InChI=1S/C27H26N2O3/c1-19(2)32-26-12-8-21(9-13-26)16-23(17-28)27(30)29-24-10-14-25(15-11-24)31-18-22-6-4-20(3)5-7-22/h4-16,19H,18H2,1-3H3,(H,29,30)/b23-16+. The Balaban J connectivity index is 1.59. The van der Waals surface area contributed by atoms with Crippen molar-refractivity contribution in [3.8, 4) is 17.6 Å². The molecule has 0 bridgehead atoms. The van der Waals surface area contributed by atoms with Gasteiger partial charge in [0.15, 0.2) is 0 Å². The maximum Gasteiger partial charge on any atom is 0.266 e. The van der Waals surface area contributed by atoms with Crippen molar-refractivity contribution in [1.29, 1.82) is 5.26 Å². The number of anilines is 1. The van der Waals surface area contributed by atoms with Gasteiger partial charge in [0.05, 0.1) is 6.10 Å². The molecule has 0 fully saturated rings. The summed E-state index contributed by atoms with van der Waals surface area (Å²) in [5.41, 5.74) is 3.63. The number of carbonyl (C=O) groups excluding carboxylic acids is 1. The molecular weight excluding hydrogens is 400 g/mol. The van der Waals surface area contributed by atoms with Gasteiger partial charge < -0.3 is 14.8 Å². The predicted molar refractivity (Wildman–Crippen MR) is 126 cm³/mol. The monoisotopic (exact) mass is 426 g/mol. The Labute approximate surface area is 188 Å². The average Bonchev–Trinajstić information content (AvgIpc) is 2.78. The Morgan fingerprint density at radius 3 is 2.19 bits per heavy atom. The summed E-state index contributed by atoms with van der Waals surface area (Å²) in [7, 11) is 0. The van der Waals surface area contributed by atoms with Crippen molar-refractivity contribution in [3.05, 3.63) is 95.1 Å². The van der Waals surface area contributed by atoms with Gasteiger partial charge in [-0.15, -0.1) is 0 Å². The van der Waals surface area contributed by atoms with Gasteiger partial charge in [-0.2, -0.15) is 5.26 Å². The second-order valence-corrected chi connectivity index (χ2v) is 7.66. The van der Waals surface area contributed by atoms with Crippen LogP contribution in [0, 0.1) is 18.3 Å². The minimum Gasteiger partial charge on any atom is -0.491 e. The molecule has 1 amide bonds. The highest BCUT2D eigenvalue weighted by Gasteiger charge is 2.10. The number of carbonyl (C=O) groups is 1. The topological polar surface area (TPSA) is 71.3 Å². The van der Waals surface area contributed by atoms with Gasteiger partial charge in [0.1, 0.15) is 29.7 Å². The highest BCUT2D eigenvalue weighted by Crippen LogP contribution is 2.19. The van der Waals surface area contributed by atoms with Gasteiger partial charge >= 0.3 is 0 Å². The molecule has 0 atom stereocenters. The predicted octanol–water partition coefficient (Wildman–Crippen LogP) is 5.91. The summed E-state index contributed by atoms with van der Waals surface area (Å²) in [6, 6.07) is 24.4. The van der Waals surface area contributed by atoms with Crippen LogP contribution in [0.4, 0.5) is 5.69 Å². The molecule has 0 radical (unpaired) electrons. The molecule has 5 nitrogen and oxygen atoms in total. The van der Waals surface area contributed by atoms with Crippen LogP contribution in [0.5, 0.6) is 11.5 Å². The molecule has 0 aliphatic carbocycles. The number of nitriles is 1. The van der Waals surface area contributed by atoms with E-state index in [1.54, 1.807) is 30.3 Å². The van der Waals surface area contributed by atoms with E-state index < -0.39 is 5.91 Å². The summed E-state index contributed by atoms with van der Waals surface area (Å²) in [4.78, 5) is 12.5. The zero-order chi connectivity index (χ0) is 22.9. The van der Waals surface area contributed by atoms with Crippen molar-refractivity contribution >= 4 is 17.7 Å². The molecule has 0 aromatic heterocycles. The summed E-state index contributed by atoms with van der Waals surface area (Å²) in [5.74, 6) is 0.969. The van der Waals surface area contributed by atoms with E-state index in [9.17, 15) is 10.1 Å². The number of aryl methyl sites for hydroxylation is 1. The summed E-state index contributed by atoms with van der Waals surface area (Å²) in [6.45, 7) is 6.42. The molecule has 0 unspecified atom stereocenters. The first kappa shape index (κ1) is 22.6. The number of nitrogens with zero attached hydrogens (tertiary/aromatic N) is 1. The zero-order valence-corrected chi connectivity index (χ0v) is 18.5. The Kier molecular flexibility index (Phi) is 7.66. The van der Waals surface area contributed by atoms with Crippen molar-refractivity contribution in [2.75, 3.05) is 5.32 Å². The van der Waals surface area contributed by atoms with Gasteiger partial charge in [-0.05, 0) is 74.4 Å². The summed E-state index contributed by atoms with van der Waals surface area (Å²) in [6.07, 6.45) is 1.63. The highest BCUT2D eigenvalue weighted by molar-refractivity contribution is 6.09. The van der Waals surface area contributed by atoms with Crippen LogP contribution in [0.3, 0.4) is 0 Å². The Morgan fingerprint density at radius 1 is 0.969 bits per heavy atom. The fourth-order valence-electron chi connectivity index (χ4n) is 2.91. The lowest BCUT2D eigenvalue weighted by Crippen LogP contribution is -2.13. The first-order valence-electron chi connectivity index (χ1n) is 10.4. The molecule has 162 valence electrons. The number of nitrogens with one attached hydrogen (secondary N) is 1. The smallest absolute Gasteiger partial charge is 0.266 e. The summed E-state index contributed by atoms with van der Waals surface area (Å²) >= 11 is 0. The molecule has 0 aliphatic rings. The maximum atomic E-state index is 12.5. The molecule has 32 heavy (non-hydrogen) atoms. The highest BCUT2D eigenvalue weighted by atomic mass is 16.5. The van der Waals surface area contributed by atoms with Crippen LogP contribution < -0.4 is 14.8 Å². The Morgan fingerprint density at radius 2 is 1.59 bits per heavy atom. The molecular formula is C27H26N2O3. The second-order valence-electron chi connectivity index (χ2n) is 7.66. The van der Waals surface area contributed by atoms with Crippen molar-refractivity contribution in [3.63, 3.8) is 0 Å².